The number of rotatable bonds is 5. The second-order valence-corrected chi connectivity index (χ2v) is 11.0. The summed E-state index contributed by atoms with van der Waals surface area (Å²) in [4.78, 5) is 31.6. The van der Waals surface area contributed by atoms with Gasteiger partial charge in [-0.1, -0.05) is 18.2 Å². The number of likely N-dealkylation sites (tertiary alicyclic amines) is 1. The van der Waals surface area contributed by atoms with Crippen molar-refractivity contribution >= 4 is 17.8 Å². The van der Waals surface area contributed by atoms with E-state index in [-0.39, 0.29) is 30.4 Å². The van der Waals surface area contributed by atoms with Crippen LogP contribution < -0.4 is 5.32 Å². The number of carbonyl (C=O) groups is 2. The number of hydrogen-bond donors (Lipinski definition) is 1. The number of carbonyl (C=O) groups excluding carboxylic acids is 2. The SMILES string of the molecule is CC(C)(C)OC(=O)N1CCC(C2CC=CC(OCc3ccc(C(=O)C4CCNCC4)cc3F)=N2)CC1. The van der Waals surface area contributed by atoms with Crippen LogP contribution in [0.25, 0.3) is 0 Å². The van der Waals surface area contributed by atoms with Crippen molar-refractivity contribution in [2.45, 2.75) is 71.1 Å². The quantitative estimate of drug-likeness (QED) is 0.583. The molecule has 1 amide bonds. The highest BCUT2D eigenvalue weighted by molar-refractivity contribution is 5.98. The Bertz CT molecular complexity index is 1000. The van der Waals surface area contributed by atoms with E-state index in [2.05, 4.69) is 5.32 Å². The van der Waals surface area contributed by atoms with Gasteiger partial charge >= 0.3 is 6.09 Å². The summed E-state index contributed by atoms with van der Waals surface area (Å²) < 4.78 is 26.1. The molecule has 1 atom stereocenters. The van der Waals surface area contributed by atoms with E-state index >= 15 is 0 Å². The molecule has 2 fully saturated rings. The molecule has 0 radical (unpaired) electrons. The molecular weight excluding hydrogens is 461 g/mol. The fourth-order valence-corrected chi connectivity index (χ4v) is 5.03. The second-order valence-electron chi connectivity index (χ2n) is 11.0. The zero-order valence-corrected chi connectivity index (χ0v) is 21.6. The molecular formula is C28H38FN3O4. The fraction of sp³-hybridized carbons (Fsp3) is 0.607. The molecule has 1 N–H and O–H groups in total. The molecule has 3 aliphatic rings. The van der Waals surface area contributed by atoms with Gasteiger partial charge in [-0.25, -0.2) is 14.2 Å². The number of hydrogen-bond acceptors (Lipinski definition) is 6. The number of nitrogens with one attached hydrogen (secondary N) is 1. The average molecular weight is 500 g/mol. The van der Waals surface area contributed by atoms with Crippen LogP contribution in [0.2, 0.25) is 0 Å². The van der Waals surface area contributed by atoms with Gasteiger partial charge in [0.1, 0.15) is 18.0 Å². The monoisotopic (exact) mass is 499 g/mol. The number of Topliss-reactive ketones (excluding diaryl/α,β-unsaturated/α-hetero) is 1. The van der Waals surface area contributed by atoms with Gasteiger partial charge in [0.2, 0.25) is 5.90 Å². The molecule has 4 rings (SSSR count). The average Bonchev–Trinajstić information content (AvgIpc) is 2.87. The summed E-state index contributed by atoms with van der Waals surface area (Å²) in [6, 6.07) is 4.76. The first-order valence-corrected chi connectivity index (χ1v) is 13.1. The lowest BCUT2D eigenvalue weighted by molar-refractivity contribution is 0.0174. The summed E-state index contributed by atoms with van der Waals surface area (Å²) in [6.07, 6.45) is 7.74. The van der Waals surface area contributed by atoms with Gasteiger partial charge in [0.15, 0.2) is 5.78 Å². The van der Waals surface area contributed by atoms with Crippen molar-refractivity contribution in [3.8, 4) is 0 Å². The van der Waals surface area contributed by atoms with Crippen molar-refractivity contribution in [3.05, 3.63) is 47.3 Å². The van der Waals surface area contributed by atoms with Gasteiger partial charge in [0.05, 0.1) is 6.04 Å². The molecule has 1 aromatic carbocycles. The Morgan fingerprint density at radius 2 is 1.86 bits per heavy atom. The number of nitrogens with zero attached hydrogens (tertiary/aromatic N) is 2. The van der Waals surface area contributed by atoms with Gasteiger partial charge in [-0.15, -0.1) is 0 Å². The first kappa shape index (κ1) is 26.3. The highest BCUT2D eigenvalue weighted by Gasteiger charge is 2.31. The van der Waals surface area contributed by atoms with Crippen molar-refractivity contribution in [2.75, 3.05) is 26.2 Å². The lowest BCUT2D eigenvalue weighted by Gasteiger charge is -2.36. The van der Waals surface area contributed by atoms with Gasteiger partial charge in [0.25, 0.3) is 0 Å². The maximum absolute atomic E-state index is 14.8. The molecule has 3 heterocycles. The molecule has 36 heavy (non-hydrogen) atoms. The van der Waals surface area contributed by atoms with Crippen molar-refractivity contribution in [1.29, 1.82) is 0 Å². The predicted octanol–water partition coefficient (Wildman–Crippen LogP) is 4.90. The number of ketones is 1. The molecule has 3 aliphatic heterocycles. The molecule has 1 unspecified atom stereocenters. The molecule has 0 saturated carbocycles. The van der Waals surface area contributed by atoms with Gasteiger partial charge in [0, 0.05) is 30.1 Å². The summed E-state index contributed by atoms with van der Waals surface area (Å²) in [7, 11) is 0. The van der Waals surface area contributed by atoms with Crippen LogP contribution in [0, 0.1) is 17.7 Å². The number of aliphatic imine (C=N–C) groups is 1. The Morgan fingerprint density at radius 3 is 2.53 bits per heavy atom. The van der Waals surface area contributed by atoms with Crippen LogP contribution in [-0.2, 0) is 16.1 Å². The van der Waals surface area contributed by atoms with Crippen LogP contribution in [-0.4, -0.2) is 60.5 Å². The summed E-state index contributed by atoms with van der Waals surface area (Å²) in [5, 5.41) is 3.25. The van der Waals surface area contributed by atoms with Gasteiger partial charge < -0.3 is 19.7 Å². The van der Waals surface area contributed by atoms with Crippen molar-refractivity contribution < 1.29 is 23.5 Å². The Balaban J connectivity index is 1.29. The van der Waals surface area contributed by atoms with Crippen LogP contribution in [0.1, 0.15) is 68.8 Å². The molecule has 0 bridgehead atoms. The predicted molar refractivity (Wildman–Crippen MR) is 137 cm³/mol. The molecule has 7 nitrogen and oxygen atoms in total. The number of benzene rings is 1. The first-order chi connectivity index (χ1) is 17.2. The van der Waals surface area contributed by atoms with E-state index in [1.807, 2.05) is 32.9 Å². The molecule has 1 aromatic rings. The minimum absolute atomic E-state index is 0.0167. The van der Waals surface area contributed by atoms with E-state index in [0.29, 0.717) is 36.0 Å². The molecule has 8 heteroatoms. The topological polar surface area (TPSA) is 80.2 Å². The fourth-order valence-electron chi connectivity index (χ4n) is 5.03. The lowest BCUT2D eigenvalue weighted by Crippen LogP contribution is -2.43. The van der Waals surface area contributed by atoms with Crippen LogP contribution in [0.3, 0.4) is 0 Å². The van der Waals surface area contributed by atoms with Gasteiger partial charge in [-0.05, 0) is 84.0 Å². The maximum Gasteiger partial charge on any atom is 0.410 e. The smallest absolute Gasteiger partial charge is 0.410 e. The zero-order valence-electron chi connectivity index (χ0n) is 21.6. The number of amides is 1. The van der Waals surface area contributed by atoms with Crippen LogP contribution in [0.4, 0.5) is 9.18 Å². The second kappa shape index (κ2) is 11.5. The first-order valence-electron chi connectivity index (χ1n) is 13.1. The highest BCUT2D eigenvalue weighted by atomic mass is 19.1. The molecule has 196 valence electrons. The minimum atomic E-state index is -0.499. The molecule has 0 spiro atoms. The van der Waals surface area contributed by atoms with E-state index in [1.165, 1.54) is 6.07 Å². The van der Waals surface area contributed by atoms with Gasteiger partial charge in [-0.3, -0.25) is 4.79 Å². The van der Waals surface area contributed by atoms with E-state index in [4.69, 9.17) is 14.5 Å². The number of ether oxygens (including phenoxy) is 2. The maximum atomic E-state index is 14.8. The molecule has 2 saturated heterocycles. The highest BCUT2D eigenvalue weighted by Crippen LogP contribution is 2.28. The summed E-state index contributed by atoms with van der Waals surface area (Å²) >= 11 is 0. The molecule has 0 aliphatic carbocycles. The van der Waals surface area contributed by atoms with E-state index in [9.17, 15) is 14.0 Å². The normalized spacial score (nSPS) is 21.7. The third-order valence-electron chi connectivity index (χ3n) is 7.09. The van der Waals surface area contributed by atoms with Crippen LogP contribution in [0.5, 0.6) is 0 Å². The Kier molecular flexibility index (Phi) is 8.44. The summed E-state index contributed by atoms with van der Waals surface area (Å²) in [5.74, 6) is 0.394. The standard InChI is InChI=1S/C28H38FN3O4/c1-28(2,3)36-27(34)32-15-11-19(12-16-32)24-5-4-6-25(31-24)35-18-22-8-7-21(17-23(22)29)26(33)20-9-13-30-14-10-20/h4,6-8,17,19-20,24,30H,5,9-16,18H2,1-3H3. The number of dihydropyridines is 1. The summed E-state index contributed by atoms with van der Waals surface area (Å²) in [6.45, 7) is 8.62. The lowest BCUT2D eigenvalue weighted by atomic mass is 9.87. The Labute approximate surface area is 213 Å². The number of piperidine rings is 2. The number of halogens is 1. The van der Waals surface area contributed by atoms with Crippen molar-refractivity contribution in [1.82, 2.24) is 10.2 Å². The largest absolute Gasteiger partial charge is 0.473 e. The van der Waals surface area contributed by atoms with Crippen LogP contribution in [0.15, 0.2) is 35.3 Å². The van der Waals surface area contributed by atoms with E-state index in [1.54, 1.807) is 17.0 Å². The third-order valence-corrected chi connectivity index (χ3v) is 7.09. The minimum Gasteiger partial charge on any atom is -0.473 e. The van der Waals surface area contributed by atoms with Crippen molar-refractivity contribution in [3.63, 3.8) is 0 Å². The van der Waals surface area contributed by atoms with E-state index < -0.39 is 11.4 Å². The Hall–Kier alpha value is -2.74. The zero-order chi connectivity index (χ0) is 25.7. The van der Waals surface area contributed by atoms with Crippen LogP contribution >= 0.6 is 0 Å². The van der Waals surface area contributed by atoms with Gasteiger partial charge in [-0.2, -0.15) is 0 Å². The Morgan fingerprint density at radius 1 is 1.14 bits per heavy atom. The third kappa shape index (κ3) is 6.93. The van der Waals surface area contributed by atoms with Crippen molar-refractivity contribution in [2.24, 2.45) is 16.8 Å². The van der Waals surface area contributed by atoms with E-state index in [0.717, 1.165) is 45.2 Å². The summed E-state index contributed by atoms with van der Waals surface area (Å²) in [5.41, 5.74) is 0.331. The molecule has 0 aromatic heterocycles.